The minimum atomic E-state index is -0.367. The molecule has 1 aliphatic heterocycles. The number of aromatic amines is 1. The fourth-order valence-corrected chi connectivity index (χ4v) is 5.13. The Hall–Kier alpha value is -3.40. The van der Waals surface area contributed by atoms with Crippen molar-refractivity contribution in [3.05, 3.63) is 52.1 Å². The maximum absolute atomic E-state index is 11.7. The molecule has 9 nitrogen and oxygen atoms in total. The lowest BCUT2D eigenvalue weighted by Crippen LogP contribution is -2.32. The molecule has 0 aliphatic carbocycles. The SMILES string of the molecule is Cc1cc(=O)oc2cc(Sc3nc4c([nH]3)c(=N)ncn4CCC3CCN(C=O)CC3)ccc12. The Morgan fingerprint density at radius 1 is 1.30 bits per heavy atom. The van der Waals surface area contributed by atoms with Crippen LogP contribution in [0.15, 0.2) is 49.9 Å². The zero-order valence-corrected chi connectivity index (χ0v) is 19.0. The van der Waals surface area contributed by atoms with Gasteiger partial charge in [0.05, 0.1) is 6.33 Å². The molecule has 0 atom stereocenters. The number of carbonyl (C=O) groups is 1. The van der Waals surface area contributed by atoms with E-state index in [0.29, 0.717) is 27.8 Å². The lowest BCUT2D eigenvalue weighted by molar-refractivity contribution is -0.119. The number of rotatable bonds is 6. The first-order valence-corrected chi connectivity index (χ1v) is 11.7. The number of fused-ring (bicyclic) bond motifs is 2. The number of benzene rings is 1. The molecule has 4 heterocycles. The van der Waals surface area contributed by atoms with Crippen molar-refractivity contribution in [2.24, 2.45) is 5.92 Å². The van der Waals surface area contributed by atoms with Crippen LogP contribution in [0.5, 0.6) is 0 Å². The first-order valence-electron chi connectivity index (χ1n) is 10.9. The highest BCUT2D eigenvalue weighted by Gasteiger charge is 2.18. The van der Waals surface area contributed by atoms with Gasteiger partial charge in [0.25, 0.3) is 0 Å². The van der Waals surface area contributed by atoms with Crippen molar-refractivity contribution in [3.63, 3.8) is 0 Å². The van der Waals surface area contributed by atoms with Gasteiger partial charge in [0.2, 0.25) is 6.41 Å². The molecule has 0 saturated carbocycles. The number of carbonyl (C=O) groups excluding carboxylic acids is 1. The molecule has 5 rings (SSSR count). The molecule has 0 bridgehead atoms. The minimum Gasteiger partial charge on any atom is -0.423 e. The van der Waals surface area contributed by atoms with E-state index in [1.807, 2.05) is 34.6 Å². The summed E-state index contributed by atoms with van der Waals surface area (Å²) >= 11 is 1.41. The fourth-order valence-electron chi connectivity index (χ4n) is 4.32. The van der Waals surface area contributed by atoms with Crippen LogP contribution in [-0.4, -0.2) is 43.9 Å². The lowest BCUT2D eigenvalue weighted by atomic mass is 9.94. The van der Waals surface area contributed by atoms with Crippen LogP contribution in [-0.2, 0) is 11.3 Å². The zero-order chi connectivity index (χ0) is 22.9. The van der Waals surface area contributed by atoms with Crippen LogP contribution in [0.25, 0.3) is 22.1 Å². The number of likely N-dealkylation sites (tertiary alicyclic amines) is 1. The number of aromatic nitrogens is 4. The van der Waals surface area contributed by atoms with Crippen molar-refractivity contribution >= 4 is 40.3 Å². The number of amides is 1. The molecule has 4 aromatic rings. The normalized spacial score (nSPS) is 14.9. The molecule has 1 aromatic carbocycles. The predicted molar refractivity (Wildman–Crippen MR) is 124 cm³/mol. The zero-order valence-electron chi connectivity index (χ0n) is 18.2. The molecule has 2 N–H and O–H groups in total. The van der Waals surface area contributed by atoms with E-state index in [9.17, 15) is 9.59 Å². The second-order valence-corrected chi connectivity index (χ2v) is 9.47. The lowest BCUT2D eigenvalue weighted by Gasteiger charge is -2.29. The van der Waals surface area contributed by atoms with Crippen LogP contribution in [0.2, 0.25) is 0 Å². The molecule has 1 amide bonds. The number of hydrogen-bond donors (Lipinski definition) is 2. The molecule has 33 heavy (non-hydrogen) atoms. The highest BCUT2D eigenvalue weighted by Crippen LogP contribution is 2.30. The Bertz CT molecular complexity index is 1450. The second-order valence-electron chi connectivity index (χ2n) is 8.41. The Morgan fingerprint density at radius 3 is 2.91 bits per heavy atom. The average Bonchev–Trinajstić information content (AvgIpc) is 3.23. The summed E-state index contributed by atoms with van der Waals surface area (Å²) in [6.45, 7) is 4.27. The number of hydrogen-bond acceptors (Lipinski definition) is 7. The van der Waals surface area contributed by atoms with E-state index in [2.05, 4.69) is 9.97 Å². The van der Waals surface area contributed by atoms with Crippen LogP contribution in [0.3, 0.4) is 0 Å². The van der Waals surface area contributed by atoms with Crippen LogP contribution >= 0.6 is 11.8 Å². The molecule has 1 aliphatic rings. The number of aryl methyl sites for hydroxylation is 2. The first kappa shape index (κ1) is 21.4. The standard InChI is InChI=1S/C23H24N6O3S/c1-14-10-19(31)32-18-11-16(2-3-17(14)18)33-23-26-20-21(24)25-12-29(22(20)27-23)9-6-15-4-7-28(13-30)8-5-15/h2-3,10-13,15,24H,4-9H2,1H3,(H,26,27). The minimum absolute atomic E-state index is 0.153. The van der Waals surface area contributed by atoms with Gasteiger partial charge in [-0.15, -0.1) is 0 Å². The van der Waals surface area contributed by atoms with Crippen LogP contribution in [0, 0.1) is 18.3 Å². The Morgan fingerprint density at radius 2 is 2.12 bits per heavy atom. The highest BCUT2D eigenvalue weighted by molar-refractivity contribution is 7.99. The summed E-state index contributed by atoms with van der Waals surface area (Å²) in [6.07, 6.45) is 5.59. The van der Waals surface area contributed by atoms with Crippen LogP contribution < -0.4 is 11.1 Å². The number of imidazole rings is 1. The molecule has 170 valence electrons. The van der Waals surface area contributed by atoms with E-state index in [4.69, 9.17) is 14.8 Å². The molecule has 0 radical (unpaired) electrons. The summed E-state index contributed by atoms with van der Waals surface area (Å²) in [5, 5.41) is 9.73. The second kappa shape index (κ2) is 8.86. The predicted octanol–water partition coefficient (Wildman–Crippen LogP) is 3.06. The van der Waals surface area contributed by atoms with E-state index in [1.165, 1.54) is 17.8 Å². The van der Waals surface area contributed by atoms with Gasteiger partial charge >= 0.3 is 5.63 Å². The molecule has 0 spiro atoms. The van der Waals surface area contributed by atoms with Gasteiger partial charge in [-0.1, -0.05) is 11.8 Å². The van der Waals surface area contributed by atoms with Gasteiger partial charge in [-0.3, -0.25) is 10.2 Å². The molecule has 3 aromatic heterocycles. The van der Waals surface area contributed by atoms with Gasteiger partial charge in [-0.2, -0.15) is 0 Å². The van der Waals surface area contributed by atoms with Crippen molar-refractivity contribution in [1.29, 1.82) is 5.41 Å². The number of H-pyrrole nitrogens is 1. The van der Waals surface area contributed by atoms with Gasteiger partial charge in [0.15, 0.2) is 16.3 Å². The summed E-state index contributed by atoms with van der Waals surface area (Å²) < 4.78 is 7.34. The summed E-state index contributed by atoms with van der Waals surface area (Å²) in [6, 6.07) is 7.22. The molecular formula is C23H24N6O3S. The van der Waals surface area contributed by atoms with Crippen molar-refractivity contribution in [1.82, 2.24) is 24.4 Å². The molecule has 10 heteroatoms. The van der Waals surface area contributed by atoms with E-state index in [-0.39, 0.29) is 11.1 Å². The van der Waals surface area contributed by atoms with Crippen LogP contribution in [0.1, 0.15) is 24.8 Å². The third-order valence-corrected chi connectivity index (χ3v) is 7.09. The monoisotopic (exact) mass is 464 g/mol. The highest BCUT2D eigenvalue weighted by atomic mass is 32.2. The van der Waals surface area contributed by atoms with Gasteiger partial charge in [0, 0.05) is 36.0 Å². The Kier molecular flexibility index (Phi) is 5.76. The van der Waals surface area contributed by atoms with Gasteiger partial charge < -0.3 is 18.9 Å². The topological polar surface area (TPSA) is 121 Å². The molecule has 0 unspecified atom stereocenters. The number of nitrogens with zero attached hydrogens (tertiary/aromatic N) is 4. The van der Waals surface area contributed by atoms with E-state index >= 15 is 0 Å². The van der Waals surface area contributed by atoms with Gasteiger partial charge in [-0.05, 0) is 55.9 Å². The maximum atomic E-state index is 11.7. The largest absolute Gasteiger partial charge is 0.423 e. The fraction of sp³-hybridized carbons (Fsp3) is 0.348. The summed E-state index contributed by atoms with van der Waals surface area (Å²) in [4.78, 5) is 37.5. The molecule has 1 fully saturated rings. The third kappa shape index (κ3) is 4.43. The Balaban J connectivity index is 1.37. The molecule has 1 saturated heterocycles. The van der Waals surface area contributed by atoms with Crippen molar-refractivity contribution in [3.8, 4) is 0 Å². The van der Waals surface area contributed by atoms with Crippen molar-refractivity contribution < 1.29 is 9.21 Å². The van der Waals surface area contributed by atoms with Crippen LogP contribution in [0.4, 0.5) is 0 Å². The van der Waals surface area contributed by atoms with Crippen molar-refractivity contribution in [2.45, 2.75) is 42.8 Å². The molecular weight excluding hydrogens is 440 g/mol. The summed E-state index contributed by atoms with van der Waals surface area (Å²) in [5.41, 5.74) is 2.50. The summed E-state index contributed by atoms with van der Waals surface area (Å²) in [7, 11) is 0. The van der Waals surface area contributed by atoms with E-state index < -0.39 is 0 Å². The van der Waals surface area contributed by atoms with E-state index in [1.54, 1.807) is 6.33 Å². The van der Waals surface area contributed by atoms with Gasteiger partial charge in [-0.25, -0.2) is 14.8 Å². The number of nitrogens with one attached hydrogen (secondary N) is 2. The quantitative estimate of drug-likeness (QED) is 0.334. The third-order valence-electron chi connectivity index (χ3n) is 6.21. The maximum Gasteiger partial charge on any atom is 0.336 e. The number of piperidine rings is 1. The van der Waals surface area contributed by atoms with E-state index in [0.717, 1.165) is 61.2 Å². The summed E-state index contributed by atoms with van der Waals surface area (Å²) in [5.74, 6) is 0.558. The Labute approximate surface area is 193 Å². The van der Waals surface area contributed by atoms with Crippen molar-refractivity contribution in [2.75, 3.05) is 13.1 Å². The smallest absolute Gasteiger partial charge is 0.336 e. The van der Waals surface area contributed by atoms with Gasteiger partial charge in [0.1, 0.15) is 11.1 Å². The average molecular weight is 465 g/mol. The first-order chi connectivity index (χ1) is 16.0.